The van der Waals surface area contributed by atoms with Crippen molar-refractivity contribution in [2.75, 3.05) is 0 Å². The van der Waals surface area contributed by atoms with Crippen molar-refractivity contribution in [3.63, 3.8) is 0 Å². The number of nitrogens with two attached hydrogens (primary N) is 1. The van der Waals surface area contributed by atoms with Crippen molar-refractivity contribution >= 4 is 28.5 Å². The molecule has 1 fully saturated rings. The maximum absolute atomic E-state index is 11.6. The largest absolute Gasteiger partial charge is 0.478 e. The maximum Gasteiger partial charge on any atom is 0.336 e. The van der Waals surface area contributed by atoms with Crippen molar-refractivity contribution in [1.29, 1.82) is 0 Å². The van der Waals surface area contributed by atoms with Crippen LogP contribution in [-0.2, 0) is 0 Å². The standard InChI is InChI=1S/C17H12ClNO2.C6H13N/c1-10-15(17(20)21)13-7-2-3-8-14(13)19-16(10)11-5-4-6-12(18)9-11;7-6-4-2-1-3-5-6/h2-9H,1H3,(H,20,21);6H,1-5,7H2. The number of carboxylic acids is 1. The van der Waals surface area contributed by atoms with E-state index in [0.717, 1.165) is 5.56 Å². The maximum atomic E-state index is 11.6. The number of fused-ring (bicyclic) bond motifs is 1. The van der Waals surface area contributed by atoms with Crippen molar-refractivity contribution in [1.82, 2.24) is 4.98 Å². The number of hydrogen-bond acceptors (Lipinski definition) is 3. The molecule has 1 heterocycles. The molecule has 4 nitrogen and oxygen atoms in total. The van der Waals surface area contributed by atoms with Crippen LogP contribution in [0.25, 0.3) is 22.2 Å². The van der Waals surface area contributed by atoms with E-state index in [0.29, 0.717) is 33.2 Å². The molecule has 1 aromatic heterocycles. The average molecular weight is 397 g/mol. The number of nitrogens with zero attached hydrogens (tertiary/aromatic N) is 1. The van der Waals surface area contributed by atoms with E-state index in [9.17, 15) is 9.90 Å². The van der Waals surface area contributed by atoms with Crippen LogP contribution in [-0.4, -0.2) is 22.1 Å². The molecule has 3 aromatic rings. The van der Waals surface area contributed by atoms with Gasteiger partial charge in [-0.25, -0.2) is 9.78 Å². The third-order valence-corrected chi connectivity index (χ3v) is 5.33. The van der Waals surface area contributed by atoms with Crippen LogP contribution in [0.1, 0.15) is 48.0 Å². The van der Waals surface area contributed by atoms with Crippen LogP contribution in [0.5, 0.6) is 0 Å². The van der Waals surface area contributed by atoms with Crippen molar-refractivity contribution in [3.8, 4) is 11.3 Å². The molecule has 0 aliphatic heterocycles. The number of aromatic carboxylic acids is 1. The third kappa shape index (κ3) is 4.70. The van der Waals surface area contributed by atoms with E-state index in [-0.39, 0.29) is 5.56 Å². The number of rotatable bonds is 2. The summed E-state index contributed by atoms with van der Waals surface area (Å²) in [5.74, 6) is -0.950. The van der Waals surface area contributed by atoms with E-state index in [1.807, 2.05) is 30.3 Å². The Bertz CT molecular complexity index is 981. The number of carbonyl (C=O) groups is 1. The molecule has 3 N–H and O–H groups in total. The Morgan fingerprint density at radius 2 is 1.82 bits per heavy atom. The minimum absolute atomic E-state index is 0.288. The number of carboxylic acid groups (broad SMARTS) is 1. The number of pyridine rings is 1. The predicted molar refractivity (Wildman–Crippen MR) is 115 cm³/mol. The first-order chi connectivity index (χ1) is 13.5. The quantitative estimate of drug-likeness (QED) is 0.570. The molecule has 1 aliphatic carbocycles. The van der Waals surface area contributed by atoms with Crippen molar-refractivity contribution in [3.05, 3.63) is 64.7 Å². The molecule has 0 unspecified atom stereocenters. The van der Waals surface area contributed by atoms with Gasteiger partial charge in [-0.15, -0.1) is 0 Å². The number of benzene rings is 2. The number of hydrogen-bond donors (Lipinski definition) is 2. The normalized spacial score (nSPS) is 14.4. The second-order valence-corrected chi connectivity index (χ2v) is 7.63. The first-order valence-electron chi connectivity index (χ1n) is 9.61. The van der Waals surface area contributed by atoms with Gasteiger partial charge in [0, 0.05) is 22.0 Å². The van der Waals surface area contributed by atoms with Gasteiger partial charge >= 0.3 is 5.97 Å². The zero-order chi connectivity index (χ0) is 20.1. The predicted octanol–water partition coefficient (Wildman–Crippen LogP) is 5.84. The zero-order valence-electron chi connectivity index (χ0n) is 16.0. The second-order valence-electron chi connectivity index (χ2n) is 7.19. The van der Waals surface area contributed by atoms with E-state index in [2.05, 4.69) is 4.98 Å². The fraction of sp³-hybridized carbons (Fsp3) is 0.304. The lowest BCUT2D eigenvalue weighted by atomic mass is 9.97. The second kappa shape index (κ2) is 9.18. The van der Waals surface area contributed by atoms with E-state index in [4.69, 9.17) is 17.3 Å². The summed E-state index contributed by atoms with van der Waals surface area (Å²) in [5.41, 5.74) is 8.69. The van der Waals surface area contributed by atoms with Crippen LogP contribution < -0.4 is 5.73 Å². The summed E-state index contributed by atoms with van der Waals surface area (Å²) in [7, 11) is 0. The molecule has 28 heavy (non-hydrogen) atoms. The lowest BCUT2D eigenvalue weighted by Crippen LogP contribution is -2.22. The summed E-state index contributed by atoms with van der Waals surface area (Å²) in [6, 6.07) is 15.1. The topological polar surface area (TPSA) is 76.2 Å². The van der Waals surface area contributed by atoms with Crippen molar-refractivity contribution in [2.45, 2.75) is 45.1 Å². The molecule has 146 valence electrons. The first kappa shape index (κ1) is 20.3. The molecule has 0 saturated heterocycles. The summed E-state index contributed by atoms with van der Waals surface area (Å²) < 4.78 is 0. The zero-order valence-corrected chi connectivity index (χ0v) is 16.7. The minimum atomic E-state index is -0.950. The van der Waals surface area contributed by atoms with Crippen LogP contribution in [0.4, 0.5) is 0 Å². The van der Waals surface area contributed by atoms with Gasteiger partial charge in [0.2, 0.25) is 0 Å². The van der Waals surface area contributed by atoms with E-state index < -0.39 is 5.97 Å². The van der Waals surface area contributed by atoms with Gasteiger partial charge in [-0.3, -0.25) is 0 Å². The SMILES string of the molecule is Cc1c(-c2cccc(Cl)c2)nc2ccccc2c1C(=O)O.NC1CCCCC1. The summed E-state index contributed by atoms with van der Waals surface area (Å²) in [5, 5.41) is 10.8. The highest BCUT2D eigenvalue weighted by Crippen LogP contribution is 2.30. The number of halogens is 1. The molecule has 2 aromatic carbocycles. The molecule has 4 rings (SSSR count). The molecular formula is C23H25ClN2O2. The van der Waals surface area contributed by atoms with Gasteiger partial charge in [-0.05, 0) is 43.5 Å². The van der Waals surface area contributed by atoms with Gasteiger partial charge in [-0.1, -0.05) is 61.2 Å². The van der Waals surface area contributed by atoms with Crippen LogP contribution in [0.15, 0.2) is 48.5 Å². The van der Waals surface area contributed by atoms with Gasteiger partial charge in [0.15, 0.2) is 0 Å². The fourth-order valence-corrected chi connectivity index (χ4v) is 3.82. The highest BCUT2D eigenvalue weighted by Gasteiger charge is 2.18. The summed E-state index contributed by atoms with van der Waals surface area (Å²) in [6.45, 7) is 1.78. The average Bonchev–Trinajstić information content (AvgIpc) is 2.68. The molecule has 1 aliphatic rings. The van der Waals surface area contributed by atoms with Gasteiger partial charge < -0.3 is 10.8 Å². The van der Waals surface area contributed by atoms with E-state index in [1.165, 1.54) is 32.1 Å². The summed E-state index contributed by atoms with van der Waals surface area (Å²) in [6.07, 6.45) is 6.66. The van der Waals surface area contributed by atoms with Gasteiger partial charge in [0.25, 0.3) is 0 Å². The molecule has 0 radical (unpaired) electrons. The van der Waals surface area contributed by atoms with E-state index in [1.54, 1.807) is 25.1 Å². The molecule has 1 saturated carbocycles. The van der Waals surface area contributed by atoms with Crippen molar-refractivity contribution in [2.24, 2.45) is 5.73 Å². The van der Waals surface area contributed by atoms with Crippen molar-refractivity contribution < 1.29 is 9.90 Å². The molecular weight excluding hydrogens is 372 g/mol. The number of aromatic nitrogens is 1. The Morgan fingerprint density at radius 3 is 2.43 bits per heavy atom. The number of para-hydroxylation sites is 1. The Morgan fingerprint density at radius 1 is 1.11 bits per heavy atom. The van der Waals surface area contributed by atoms with Crippen LogP contribution in [0.2, 0.25) is 5.02 Å². The Kier molecular flexibility index (Phi) is 6.65. The third-order valence-electron chi connectivity index (χ3n) is 5.10. The molecule has 0 bridgehead atoms. The van der Waals surface area contributed by atoms with E-state index >= 15 is 0 Å². The van der Waals surface area contributed by atoms with Gasteiger partial charge in [0.05, 0.1) is 16.8 Å². The summed E-state index contributed by atoms with van der Waals surface area (Å²) >= 11 is 6.02. The Labute approximate surface area is 170 Å². The highest BCUT2D eigenvalue weighted by atomic mass is 35.5. The van der Waals surface area contributed by atoms with Crippen LogP contribution >= 0.6 is 11.6 Å². The highest BCUT2D eigenvalue weighted by molar-refractivity contribution is 6.30. The molecule has 0 atom stereocenters. The lowest BCUT2D eigenvalue weighted by Gasteiger charge is -2.15. The van der Waals surface area contributed by atoms with Gasteiger partial charge in [0.1, 0.15) is 0 Å². The molecule has 0 spiro atoms. The Hall–Kier alpha value is -2.43. The fourth-order valence-electron chi connectivity index (χ4n) is 3.63. The summed E-state index contributed by atoms with van der Waals surface area (Å²) in [4.78, 5) is 16.2. The monoisotopic (exact) mass is 396 g/mol. The molecule has 5 heteroatoms. The Balaban J connectivity index is 0.000000271. The first-order valence-corrected chi connectivity index (χ1v) is 9.99. The van der Waals surface area contributed by atoms with Gasteiger partial charge in [-0.2, -0.15) is 0 Å². The minimum Gasteiger partial charge on any atom is -0.478 e. The van der Waals surface area contributed by atoms with Crippen LogP contribution in [0, 0.1) is 6.92 Å². The lowest BCUT2D eigenvalue weighted by molar-refractivity contribution is 0.0698. The van der Waals surface area contributed by atoms with Crippen LogP contribution in [0.3, 0.4) is 0 Å². The molecule has 0 amide bonds. The smallest absolute Gasteiger partial charge is 0.336 e.